The molecule has 4 rings (SSSR count). The van der Waals surface area contributed by atoms with Gasteiger partial charge >= 0.3 is 0 Å². The van der Waals surface area contributed by atoms with Crippen LogP contribution >= 0.6 is 0 Å². The van der Waals surface area contributed by atoms with Crippen LogP contribution in [0.5, 0.6) is 0 Å². The van der Waals surface area contributed by atoms with Crippen molar-refractivity contribution in [3.8, 4) is 0 Å². The fourth-order valence-electron chi connectivity index (χ4n) is 9.52. The van der Waals surface area contributed by atoms with Crippen molar-refractivity contribution in [3.05, 3.63) is 23.3 Å². The van der Waals surface area contributed by atoms with Gasteiger partial charge in [0.05, 0.1) is 0 Å². The minimum absolute atomic E-state index is 0.451. The molecule has 0 heteroatoms. The van der Waals surface area contributed by atoms with Crippen LogP contribution < -0.4 is 0 Å². The fraction of sp³-hybridized carbons (Fsp3) is 0.871. The molecule has 0 aliphatic heterocycles. The van der Waals surface area contributed by atoms with E-state index < -0.39 is 0 Å². The summed E-state index contributed by atoms with van der Waals surface area (Å²) in [5.74, 6) is 4.60. The molecule has 0 spiro atoms. The molecule has 8 atom stereocenters. The molecule has 0 bridgehead atoms. The molecule has 0 N–H and O–H groups in total. The zero-order valence-electron chi connectivity index (χ0n) is 22.0. The number of allylic oxidation sites excluding steroid dienone is 4. The lowest BCUT2D eigenvalue weighted by Gasteiger charge is -2.64. The monoisotopic (exact) mass is 424 g/mol. The summed E-state index contributed by atoms with van der Waals surface area (Å²) in [6.45, 7) is 17.7. The van der Waals surface area contributed by atoms with Gasteiger partial charge in [0.15, 0.2) is 0 Å². The molecular weight excluding hydrogens is 372 g/mol. The van der Waals surface area contributed by atoms with Crippen molar-refractivity contribution in [2.75, 3.05) is 0 Å². The highest BCUT2D eigenvalue weighted by Crippen LogP contribution is 2.72. The average Bonchev–Trinajstić information content (AvgIpc) is 3.10. The third kappa shape index (κ3) is 3.61. The molecule has 176 valence electrons. The van der Waals surface area contributed by atoms with E-state index in [-0.39, 0.29) is 0 Å². The van der Waals surface area contributed by atoms with Crippen LogP contribution in [0, 0.1) is 45.8 Å². The molecule has 0 amide bonds. The quantitative estimate of drug-likeness (QED) is 0.294. The maximum absolute atomic E-state index is 2.77. The van der Waals surface area contributed by atoms with E-state index in [9.17, 15) is 0 Å². The summed E-state index contributed by atoms with van der Waals surface area (Å²) in [4.78, 5) is 0. The third-order valence-electron chi connectivity index (χ3n) is 12.1. The lowest BCUT2D eigenvalue weighted by Crippen LogP contribution is -2.56. The standard InChI is InChI=1S/C31H52/c1-8-10-11-12-23(4)26-15-16-27-28-14-13-25-21-24(22(3)9-2)17-18-30(25,6)31(28,7)20-19-29(26,27)5/h9,13,23-24,26-28H,8,10-12,14-21H2,1-7H3/t23-,24?,26-,27+,28+,29-,30+,31+/m1/s1. The van der Waals surface area contributed by atoms with E-state index in [1.54, 1.807) is 5.57 Å². The Morgan fingerprint density at radius 2 is 1.84 bits per heavy atom. The largest absolute Gasteiger partial charge is 0.0884 e. The lowest BCUT2D eigenvalue weighted by atomic mass is 9.40. The Labute approximate surface area is 194 Å². The van der Waals surface area contributed by atoms with Crippen LogP contribution in [0.15, 0.2) is 23.3 Å². The van der Waals surface area contributed by atoms with Crippen molar-refractivity contribution in [1.82, 2.24) is 0 Å². The van der Waals surface area contributed by atoms with Crippen molar-refractivity contribution in [1.29, 1.82) is 0 Å². The van der Waals surface area contributed by atoms with Gasteiger partial charge in [-0.15, -0.1) is 0 Å². The van der Waals surface area contributed by atoms with Crippen molar-refractivity contribution < 1.29 is 0 Å². The molecule has 4 aliphatic carbocycles. The molecule has 31 heavy (non-hydrogen) atoms. The van der Waals surface area contributed by atoms with Gasteiger partial charge in [0.25, 0.3) is 0 Å². The second-order valence-corrected chi connectivity index (χ2v) is 13.1. The summed E-state index contributed by atoms with van der Waals surface area (Å²) in [6, 6.07) is 0. The first kappa shape index (κ1) is 23.6. The first-order valence-corrected chi connectivity index (χ1v) is 14.0. The minimum Gasteiger partial charge on any atom is -0.0884 e. The minimum atomic E-state index is 0.451. The molecule has 0 saturated heterocycles. The number of hydrogen-bond acceptors (Lipinski definition) is 0. The summed E-state index contributed by atoms with van der Waals surface area (Å²) in [5, 5.41) is 0. The van der Waals surface area contributed by atoms with E-state index in [0.29, 0.717) is 16.2 Å². The van der Waals surface area contributed by atoms with E-state index >= 15 is 0 Å². The Morgan fingerprint density at radius 3 is 2.55 bits per heavy atom. The maximum Gasteiger partial charge on any atom is -0.00593 e. The normalized spacial score (nSPS) is 46.0. The van der Waals surface area contributed by atoms with Crippen molar-refractivity contribution in [3.63, 3.8) is 0 Å². The second-order valence-electron chi connectivity index (χ2n) is 13.1. The van der Waals surface area contributed by atoms with Crippen LogP contribution in [0.1, 0.15) is 126 Å². The smallest absolute Gasteiger partial charge is 0.00593 e. The predicted molar refractivity (Wildman–Crippen MR) is 136 cm³/mol. The molecule has 1 unspecified atom stereocenters. The van der Waals surface area contributed by atoms with E-state index in [1.165, 1.54) is 77.0 Å². The molecule has 0 aromatic rings. The first-order valence-electron chi connectivity index (χ1n) is 14.0. The van der Waals surface area contributed by atoms with E-state index in [0.717, 1.165) is 29.6 Å². The van der Waals surface area contributed by atoms with Gasteiger partial charge in [-0.05, 0) is 111 Å². The van der Waals surface area contributed by atoms with Gasteiger partial charge in [-0.3, -0.25) is 0 Å². The van der Waals surface area contributed by atoms with Gasteiger partial charge in [-0.25, -0.2) is 0 Å². The molecule has 0 aromatic carbocycles. The zero-order chi connectivity index (χ0) is 22.4. The number of rotatable bonds is 6. The van der Waals surface area contributed by atoms with Crippen LogP contribution in [0.2, 0.25) is 0 Å². The third-order valence-corrected chi connectivity index (χ3v) is 12.1. The molecule has 0 radical (unpaired) electrons. The second kappa shape index (κ2) is 8.68. The summed E-state index contributed by atoms with van der Waals surface area (Å²) in [7, 11) is 0. The number of fused-ring (bicyclic) bond motifs is 5. The van der Waals surface area contributed by atoms with E-state index in [2.05, 4.69) is 60.6 Å². The van der Waals surface area contributed by atoms with Gasteiger partial charge in [-0.1, -0.05) is 83.6 Å². The van der Waals surface area contributed by atoms with Crippen molar-refractivity contribution >= 4 is 0 Å². The topological polar surface area (TPSA) is 0 Å². The average molecular weight is 425 g/mol. The predicted octanol–water partition coefficient (Wildman–Crippen LogP) is 9.75. The zero-order valence-corrected chi connectivity index (χ0v) is 22.0. The van der Waals surface area contributed by atoms with Crippen LogP contribution in [0.3, 0.4) is 0 Å². The Kier molecular flexibility index (Phi) is 6.62. The highest BCUT2D eigenvalue weighted by atomic mass is 14.7. The summed E-state index contributed by atoms with van der Waals surface area (Å²) < 4.78 is 0. The Bertz CT molecular complexity index is 712. The lowest BCUT2D eigenvalue weighted by molar-refractivity contribution is -0.114. The van der Waals surface area contributed by atoms with Crippen molar-refractivity contribution in [2.45, 2.75) is 126 Å². The molecule has 3 saturated carbocycles. The van der Waals surface area contributed by atoms with Crippen LogP contribution in [0.25, 0.3) is 0 Å². The van der Waals surface area contributed by atoms with Gasteiger partial charge in [0.1, 0.15) is 0 Å². The van der Waals surface area contributed by atoms with Gasteiger partial charge in [-0.2, -0.15) is 0 Å². The van der Waals surface area contributed by atoms with Gasteiger partial charge < -0.3 is 0 Å². The Morgan fingerprint density at radius 1 is 1.06 bits per heavy atom. The van der Waals surface area contributed by atoms with E-state index in [4.69, 9.17) is 0 Å². The summed E-state index contributed by atoms with van der Waals surface area (Å²) >= 11 is 0. The van der Waals surface area contributed by atoms with E-state index in [1.807, 2.05) is 5.57 Å². The fourth-order valence-corrected chi connectivity index (χ4v) is 9.52. The molecular formula is C31H52. The molecule has 0 aromatic heterocycles. The highest BCUT2D eigenvalue weighted by Gasteiger charge is 2.63. The molecule has 0 heterocycles. The van der Waals surface area contributed by atoms with Crippen molar-refractivity contribution in [2.24, 2.45) is 45.8 Å². The Hall–Kier alpha value is -0.520. The first-order chi connectivity index (χ1) is 14.7. The van der Waals surface area contributed by atoms with Gasteiger partial charge in [0, 0.05) is 0 Å². The summed E-state index contributed by atoms with van der Waals surface area (Å²) in [6.07, 6.45) is 22.4. The van der Waals surface area contributed by atoms with Crippen LogP contribution in [0.4, 0.5) is 0 Å². The molecule has 0 nitrogen and oxygen atoms in total. The SMILES string of the molecule is CC=C(C)C1CC[C@@]2(C)C(=CC[C@H]3[C@@H]4CC[C@H]([C@H](C)CCCCC)[C@@]4(C)CC[C@@]32C)C1. The Balaban J connectivity index is 1.56. The number of unbranched alkanes of at least 4 members (excludes halogenated alkanes) is 2. The highest BCUT2D eigenvalue weighted by molar-refractivity contribution is 5.30. The molecule has 3 fully saturated rings. The number of hydrogen-bond donors (Lipinski definition) is 0. The van der Waals surface area contributed by atoms with Crippen LogP contribution in [-0.4, -0.2) is 0 Å². The molecule has 4 aliphatic rings. The maximum atomic E-state index is 2.77. The van der Waals surface area contributed by atoms with Crippen LogP contribution in [-0.2, 0) is 0 Å². The van der Waals surface area contributed by atoms with Gasteiger partial charge in [0.2, 0.25) is 0 Å². The summed E-state index contributed by atoms with van der Waals surface area (Å²) in [5.41, 5.74) is 5.05.